The zero-order valence-corrected chi connectivity index (χ0v) is 10.7. The lowest BCUT2D eigenvalue weighted by molar-refractivity contribution is -0.129. The first kappa shape index (κ1) is 13.5. The average molecular weight is 228 g/mol. The van der Waals surface area contributed by atoms with Crippen LogP contribution in [-0.4, -0.2) is 50.2 Å². The van der Waals surface area contributed by atoms with E-state index in [1.807, 2.05) is 4.90 Å². The van der Waals surface area contributed by atoms with E-state index in [0.29, 0.717) is 12.5 Å². The Morgan fingerprint density at radius 1 is 1.56 bits per heavy atom. The van der Waals surface area contributed by atoms with Crippen LogP contribution in [-0.2, 0) is 9.53 Å². The Kier molecular flexibility index (Phi) is 5.77. The molecule has 1 amide bonds. The van der Waals surface area contributed by atoms with E-state index in [4.69, 9.17) is 4.74 Å². The summed E-state index contributed by atoms with van der Waals surface area (Å²) in [6.45, 7) is 7.24. The molecular weight excluding hydrogens is 204 g/mol. The minimum Gasteiger partial charge on any atom is -0.376 e. The Balaban J connectivity index is 2.17. The molecule has 1 heterocycles. The molecule has 0 bridgehead atoms. The average Bonchev–Trinajstić information content (AvgIpc) is 2.66. The Morgan fingerprint density at radius 2 is 2.31 bits per heavy atom. The molecule has 94 valence electrons. The number of amides is 1. The minimum absolute atomic E-state index is 0.178. The van der Waals surface area contributed by atoms with Crippen LogP contribution < -0.4 is 5.32 Å². The molecule has 0 saturated carbocycles. The molecule has 0 aromatic rings. The van der Waals surface area contributed by atoms with E-state index in [1.165, 1.54) is 0 Å². The second kappa shape index (κ2) is 6.86. The quantitative estimate of drug-likeness (QED) is 0.733. The molecule has 16 heavy (non-hydrogen) atoms. The van der Waals surface area contributed by atoms with Crippen molar-refractivity contribution >= 4 is 5.91 Å². The van der Waals surface area contributed by atoms with Crippen LogP contribution in [0.1, 0.15) is 26.7 Å². The van der Waals surface area contributed by atoms with Gasteiger partial charge in [0.05, 0.1) is 12.6 Å². The van der Waals surface area contributed by atoms with Gasteiger partial charge in [-0.2, -0.15) is 0 Å². The third-order valence-corrected chi connectivity index (χ3v) is 2.87. The van der Waals surface area contributed by atoms with Crippen LogP contribution in [0, 0.1) is 5.92 Å². The summed E-state index contributed by atoms with van der Waals surface area (Å²) in [7, 11) is 1.80. The molecule has 4 nitrogen and oxygen atoms in total. The normalized spacial score (nSPS) is 20.8. The summed E-state index contributed by atoms with van der Waals surface area (Å²) in [5.41, 5.74) is 0. The van der Waals surface area contributed by atoms with Gasteiger partial charge in [0, 0.05) is 19.7 Å². The standard InChI is InChI=1S/C12H24N2O2/c1-10(2)5-7-16-11-4-6-14(9-11)12(15)8-13-3/h10-11,13H,4-9H2,1-3H3. The van der Waals surface area contributed by atoms with Crippen LogP contribution in [0.5, 0.6) is 0 Å². The van der Waals surface area contributed by atoms with Gasteiger partial charge < -0.3 is 15.0 Å². The van der Waals surface area contributed by atoms with E-state index in [2.05, 4.69) is 19.2 Å². The van der Waals surface area contributed by atoms with Crippen molar-refractivity contribution in [2.24, 2.45) is 5.92 Å². The minimum atomic E-state index is 0.178. The summed E-state index contributed by atoms with van der Waals surface area (Å²) in [5.74, 6) is 0.862. The van der Waals surface area contributed by atoms with Gasteiger partial charge in [0.25, 0.3) is 0 Å². The highest BCUT2D eigenvalue weighted by Crippen LogP contribution is 2.13. The number of likely N-dealkylation sites (N-methyl/N-ethyl adjacent to an activating group) is 1. The number of hydrogen-bond acceptors (Lipinski definition) is 3. The van der Waals surface area contributed by atoms with Crippen molar-refractivity contribution in [3.63, 3.8) is 0 Å². The van der Waals surface area contributed by atoms with E-state index in [0.717, 1.165) is 32.5 Å². The molecule has 0 spiro atoms. The first-order valence-corrected chi connectivity index (χ1v) is 6.17. The monoisotopic (exact) mass is 228 g/mol. The third-order valence-electron chi connectivity index (χ3n) is 2.87. The van der Waals surface area contributed by atoms with Gasteiger partial charge in [-0.1, -0.05) is 13.8 Å². The molecule has 1 saturated heterocycles. The third kappa shape index (κ3) is 4.49. The highest BCUT2D eigenvalue weighted by molar-refractivity contribution is 5.78. The van der Waals surface area contributed by atoms with Gasteiger partial charge in [-0.05, 0) is 25.8 Å². The number of nitrogens with zero attached hydrogens (tertiary/aromatic N) is 1. The SMILES string of the molecule is CNCC(=O)N1CCC(OCCC(C)C)C1. The zero-order valence-electron chi connectivity index (χ0n) is 10.7. The number of ether oxygens (including phenoxy) is 1. The summed E-state index contributed by atoms with van der Waals surface area (Å²) in [6, 6.07) is 0. The topological polar surface area (TPSA) is 41.6 Å². The molecule has 1 N–H and O–H groups in total. The largest absolute Gasteiger partial charge is 0.376 e. The van der Waals surface area contributed by atoms with Crippen molar-refractivity contribution in [2.45, 2.75) is 32.8 Å². The first-order chi connectivity index (χ1) is 7.63. The van der Waals surface area contributed by atoms with Crippen molar-refractivity contribution in [1.82, 2.24) is 10.2 Å². The van der Waals surface area contributed by atoms with Gasteiger partial charge in [-0.15, -0.1) is 0 Å². The molecule has 4 heteroatoms. The van der Waals surface area contributed by atoms with Gasteiger partial charge in [0.15, 0.2) is 0 Å². The number of nitrogens with one attached hydrogen (secondary N) is 1. The molecule has 1 rings (SSSR count). The number of carbonyl (C=O) groups is 1. The summed E-state index contributed by atoms with van der Waals surface area (Å²) in [5, 5.41) is 2.89. The van der Waals surface area contributed by atoms with Crippen LogP contribution >= 0.6 is 0 Å². The molecule has 1 unspecified atom stereocenters. The van der Waals surface area contributed by atoms with Crippen molar-refractivity contribution in [3.05, 3.63) is 0 Å². The van der Waals surface area contributed by atoms with E-state index in [9.17, 15) is 4.79 Å². The lowest BCUT2D eigenvalue weighted by Gasteiger charge is -2.16. The van der Waals surface area contributed by atoms with E-state index in [-0.39, 0.29) is 12.0 Å². The first-order valence-electron chi connectivity index (χ1n) is 6.17. The van der Waals surface area contributed by atoms with Gasteiger partial charge in [0.2, 0.25) is 5.91 Å². The molecule has 0 aromatic carbocycles. The van der Waals surface area contributed by atoms with Gasteiger partial charge in [-0.3, -0.25) is 4.79 Å². The Labute approximate surface area is 98.3 Å². The highest BCUT2D eigenvalue weighted by atomic mass is 16.5. The zero-order chi connectivity index (χ0) is 12.0. The van der Waals surface area contributed by atoms with E-state index < -0.39 is 0 Å². The van der Waals surface area contributed by atoms with Crippen molar-refractivity contribution in [1.29, 1.82) is 0 Å². The fraction of sp³-hybridized carbons (Fsp3) is 0.917. The molecule has 1 fully saturated rings. The lowest BCUT2D eigenvalue weighted by Crippen LogP contribution is -2.36. The van der Waals surface area contributed by atoms with E-state index in [1.54, 1.807) is 7.05 Å². The summed E-state index contributed by atoms with van der Waals surface area (Å²) in [6.07, 6.45) is 2.33. The summed E-state index contributed by atoms with van der Waals surface area (Å²) in [4.78, 5) is 13.5. The van der Waals surface area contributed by atoms with Gasteiger partial charge >= 0.3 is 0 Å². The summed E-state index contributed by atoms with van der Waals surface area (Å²) < 4.78 is 5.76. The number of rotatable bonds is 6. The highest BCUT2D eigenvalue weighted by Gasteiger charge is 2.25. The van der Waals surface area contributed by atoms with Crippen molar-refractivity contribution in [3.8, 4) is 0 Å². The molecular formula is C12H24N2O2. The maximum Gasteiger partial charge on any atom is 0.236 e. The maximum atomic E-state index is 11.6. The van der Waals surface area contributed by atoms with Gasteiger partial charge in [0.1, 0.15) is 0 Å². The van der Waals surface area contributed by atoms with Gasteiger partial charge in [-0.25, -0.2) is 0 Å². The number of carbonyl (C=O) groups excluding carboxylic acids is 1. The fourth-order valence-corrected chi connectivity index (χ4v) is 1.82. The Bertz CT molecular complexity index is 219. The molecule has 1 atom stereocenters. The Hall–Kier alpha value is -0.610. The van der Waals surface area contributed by atoms with Crippen LogP contribution in [0.4, 0.5) is 0 Å². The second-order valence-electron chi connectivity index (χ2n) is 4.83. The summed E-state index contributed by atoms with van der Waals surface area (Å²) >= 11 is 0. The molecule has 1 aliphatic heterocycles. The maximum absolute atomic E-state index is 11.6. The smallest absolute Gasteiger partial charge is 0.236 e. The number of likely N-dealkylation sites (tertiary alicyclic amines) is 1. The fourth-order valence-electron chi connectivity index (χ4n) is 1.82. The van der Waals surface area contributed by atoms with Crippen LogP contribution in [0.25, 0.3) is 0 Å². The van der Waals surface area contributed by atoms with Crippen LogP contribution in [0.3, 0.4) is 0 Å². The second-order valence-corrected chi connectivity index (χ2v) is 4.83. The molecule has 0 aliphatic carbocycles. The van der Waals surface area contributed by atoms with Crippen molar-refractivity contribution in [2.75, 3.05) is 33.3 Å². The van der Waals surface area contributed by atoms with Crippen LogP contribution in [0.15, 0.2) is 0 Å². The lowest BCUT2D eigenvalue weighted by atomic mass is 10.1. The molecule has 0 aromatic heterocycles. The van der Waals surface area contributed by atoms with Crippen molar-refractivity contribution < 1.29 is 9.53 Å². The predicted octanol–water partition coefficient (Wildman–Crippen LogP) is 0.869. The van der Waals surface area contributed by atoms with Crippen LogP contribution in [0.2, 0.25) is 0 Å². The molecule has 0 radical (unpaired) electrons. The van der Waals surface area contributed by atoms with E-state index >= 15 is 0 Å². The Morgan fingerprint density at radius 3 is 2.94 bits per heavy atom. The number of hydrogen-bond donors (Lipinski definition) is 1. The molecule has 1 aliphatic rings. The predicted molar refractivity (Wildman–Crippen MR) is 64.3 cm³/mol.